The summed E-state index contributed by atoms with van der Waals surface area (Å²) in [6.07, 6.45) is 3.13. The maximum atomic E-state index is 12.6. The van der Waals surface area contributed by atoms with Crippen LogP contribution in [0.4, 0.5) is 4.79 Å². The number of carbonyl (C=O) groups is 3. The summed E-state index contributed by atoms with van der Waals surface area (Å²) in [7, 11) is 1.55. The Hall–Kier alpha value is -1.63. The average molecular weight is 311 g/mol. The van der Waals surface area contributed by atoms with Gasteiger partial charge in [0.15, 0.2) is 0 Å². The van der Waals surface area contributed by atoms with Crippen LogP contribution in [0.1, 0.15) is 39.5 Å². The maximum Gasteiger partial charge on any atom is 0.325 e. The summed E-state index contributed by atoms with van der Waals surface area (Å²) in [5.41, 5.74) is -0.790. The van der Waals surface area contributed by atoms with E-state index in [9.17, 15) is 14.4 Å². The van der Waals surface area contributed by atoms with Crippen molar-refractivity contribution in [3.63, 3.8) is 0 Å². The molecule has 1 aliphatic carbocycles. The number of hydrogen-bond acceptors (Lipinski definition) is 4. The first-order chi connectivity index (χ1) is 10.4. The molecule has 7 heteroatoms. The molecule has 22 heavy (non-hydrogen) atoms. The van der Waals surface area contributed by atoms with E-state index in [2.05, 4.69) is 17.6 Å². The number of carbonyl (C=O) groups excluding carboxylic acids is 3. The second kappa shape index (κ2) is 6.64. The van der Waals surface area contributed by atoms with Gasteiger partial charge in [-0.3, -0.25) is 14.5 Å². The van der Waals surface area contributed by atoms with Crippen molar-refractivity contribution in [1.29, 1.82) is 0 Å². The second-order valence-corrected chi connectivity index (χ2v) is 6.51. The Morgan fingerprint density at radius 1 is 1.45 bits per heavy atom. The lowest BCUT2D eigenvalue weighted by Crippen LogP contribution is -2.50. The number of amides is 4. The van der Waals surface area contributed by atoms with E-state index in [4.69, 9.17) is 4.74 Å². The zero-order chi connectivity index (χ0) is 16.3. The minimum atomic E-state index is -0.790. The summed E-state index contributed by atoms with van der Waals surface area (Å²) in [5.74, 6) is -0.0456. The molecule has 0 radical (unpaired) electrons. The first-order valence-electron chi connectivity index (χ1n) is 7.80. The Balaban J connectivity index is 1.96. The third kappa shape index (κ3) is 3.40. The van der Waals surface area contributed by atoms with Crippen molar-refractivity contribution in [3.8, 4) is 0 Å². The topological polar surface area (TPSA) is 87.7 Å². The molecule has 1 heterocycles. The lowest BCUT2D eigenvalue weighted by molar-refractivity contribution is -0.136. The summed E-state index contributed by atoms with van der Waals surface area (Å²) >= 11 is 0. The minimum Gasteiger partial charge on any atom is -0.383 e. The number of nitrogens with zero attached hydrogens (tertiary/aromatic N) is 1. The van der Waals surface area contributed by atoms with Crippen LogP contribution in [0.3, 0.4) is 0 Å². The van der Waals surface area contributed by atoms with Gasteiger partial charge in [0, 0.05) is 13.2 Å². The van der Waals surface area contributed by atoms with Crippen LogP contribution >= 0.6 is 0 Å². The lowest BCUT2D eigenvalue weighted by atomic mass is 9.77. The lowest BCUT2D eigenvalue weighted by Gasteiger charge is -2.33. The molecule has 2 rings (SSSR count). The molecule has 0 aromatic rings. The fourth-order valence-corrected chi connectivity index (χ4v) is 3.17. The Morgan fingerprint density at radius 2 is 2.09 bits per heavy atom. The molecule has 0 bridgehead atoms. The highest BCUT2D eigenvalue weighted by molar-refractivity contribution is 6.09. The molecule has 0 aromatic heterocycles. The number of ether oxygens (including phenoxy) is 1. The van der Waals surface area contributed by atoms with Crippen LogP contribution in [-0.2, 0) is 14.3 Å². The highest BCUT2D eigenvalue weighted by Gasteiger charge is 2.52. The molecule has 1 spiro atoms. The predicted octanol–water partition coefficient (Wildman–Crippen LogP) is 0.638. The van der Waals surface area contributed by atoms with Crippen LogP contribution in [-0.4, -0.2) is 54.6 Å². The van der Waals surface area contributed by atoms with E-state index in [-0.39, 0.29) is 24.4 Å². The normalized spacial score (nSPS) is 29.6. The van der Waals surface area contributed by atoms with E-state index in [0.717, 1.165) is 17.7 Å². The highest BCUT2D eigenvalue weighted by Crippen LogP contribution is 2.36. The third-order valence-corrected chi connectivity index (χ3v) is 4.50. The fourth-order valence-electron chi connectivity index (χ4n) is 3.17. The summed E-state index contributed by atoms with van der Waals surface area (Å²) in [4.78, 5) is 37.7. The van der Waals surface area contributed by atoms with Gasteiger partial charge < -0.3 is 15.4 Å². The molecule has 4 amide bonds. The zero-order valence-electron chi connectivity index (χ0n) is 13.5. The molecule has 1 atom stereocenters. The second-order valence-electron chi connectivity index (χ2n) is 6.51. The van der Waals surface area contributed by atoms with Crippen molar-refractivity contribution in [2.45, 2.75) is 51.1 Å². The molecular weight excluding hydrogens is 286 g/mol. The van der Waals surface area contributed by atoms with Gasteiger partial charge >= 0.3 is 6.03 Å². The Bertz CT molecular complexity index is 458. The Labute approximate surface area is 130 Å². The SMILES string of the molecule is COC[C@H](C)NC(=O)CN1C(=O)NC2(CCC(C)CC2)C1=O. The van der Waals surface area contributed by atoms with Crippen LogP contribution in [0, 0.1) is 5.92 Å². The van der Waals surface area contributed by atoms with Gasteiger partial charge in [0.1, 0.15) is 12.1 Å². The quantitative estimate of drug-likeness (QED) is 0.729. The third-order valence-electron chi connectivity index (χ3n) is 4.50. The summed E-state index contributed by atoms with van der Waals surface area (Å²) in [6.45, 7) is 4.09. The van der Waals surface area contributed by atoms with Crippen molar-refractivity contribution < 1.29 is 19.1 Å². The molecule has 2 N–H and O–H groups in total. The van der Waals surface area contributed by atoms with Crippen molar-refractivity contribution in [2.24, 2.45) is 5.92 Å². The molecule has 7 nitrogen and oxygen atoms in total. The molecular formula is C15H25N3O4. The number of rotatable bonds is 5. The number of urea groups is 1. The molecule has 0 aromatic carbocycles. The van der Waals surface area contributed by atoms with E-state index in [1.165, 1.54) is 0 Å². The summed E-state index contributed by atoms with van der Waals surface area (Å²) in [5, 5.41) is 5.52. The molecule has 0 unspecified atom stereocenters. The van der Waals surface area contributed by atoms with Crippen LogP contribution < -0.4 is 10.6 Å². The summed E-state index contributed by atoms with van der Waals surface area (Å²) < 4.78 is 4.94. The van der Waals surface area contributed by atoms with Crippen LogP contribution in [0.2, 0.25) is 0 Å². The molecule has 1 saturated heterocycles. The van der Waals surface area contributed by atoms with Gasteiger partial charge in [-0.1, -0.05) is 6.92 Å². The van der Waals surface area contributed by atoms with Crippen LogP contribution in [0.5, 0.6) is 0 Å². The molecule has 2 fully saturated rings. The fraction of sp³-hybridized carbons (Fsp3) is 0.800. The van der Waals surface area contributed by atoms with E-state index in [1.807, 2.05) is 0 Å². The van der Waals surface area contributed by atoms with Crippen LogP contribution in [0.15, 0.2) is 0 Å². The Morgan fingerprint density at radius 3 is 2.68 bits per heavy atom. The summed E-state index contributed by atoms with van der Waals surface area (Å²) in [6, 6.07) is -0.628. The van der Waals surface area contributed by atoms with Crippen molar-refractivity contribution in [3.05, 3.63) is 0 Å². The monoisotopic (exact) mass is 311 g/mol. The molecule has 1 saturated carbocycles. The smallest absolute Gasteiger partial charge is 0.325 e. The number of imide groups is 1. The predicted molar refractivity (Wildman–Crippen MR) is 80.1 cm³/mol. The standard InChI is InChI=1S/C15H25N3O4/c1-10-4-6-15(7-5-10)13(20)18(14(21)17-15)8-12(19)16-11(2)9-22-3/h10-11H,4-9H2,1-3H3,(H,16,19)(H,17,21)/t10?,11-,15?/m0/s1. The van der Waals surface area contributed by atoms with Gasteiger partial charge in [-0.15, -0.1) is 0 Å². The van der Waals surface area contributed by atoms with E-state index >= 15 is 0 Å². The van der Waals surface area contributed by atoms with Gasteiger partial charge in [0.2, 0.25) is 5.91 Å². The van der Waals surface area contributed by atoms with Gasteiger partial charge in [-0.2, -0.15) is 0 Å². The maximum absolute atomic E-state index is 12.6. The Kier molecular flexibility index (Phi) is 5.05. The van der Waals surface area contributed by atoms with Gasteiger partial charge in [-0.25, -0.2) is 4.79 Å². The first kappa shape index (κ1) is 16.7. The van der Waals surface area contributed by atoms with Gasteiger partial charge in [0.25, 0.3) is 5.91 Å². The van der Waals surface area contributed by atoms with E-state index in [0.29, 0.717) is 25.4 Å². The molecule has 1 aliphatic heterocycles. The molecule has 124 valence electrons. The zero-order valence-corrected chi connectivity index (χ0v) is 13.5. The number of nitrogens with one attached hydrogen (secondary N) is 2. The van der Waals surface area contributed by atoms with E-state index in [1.54, 1.807) is 14.0 Å². The number of methoxy groups -OCH3 is 1. The average Bonchev–Trinajstić information content (AvgIpc) is 2.67. The van der Waals surface area contributed by atoms with Gasteiger partial charge in [-0.05, 0) is 38.5 Å². The molecule has 2 aliphatic rings. The van der Waals surface area contributed by atoms with E-state index < -0.39 is 11.6 Å². The van der Waals surface area contributed by atoms with Crippen molar-refractivity contribution in [2.75, 3.05) is 20.3 Å². The highest BCUT2D eigenvalue weighted by atomic mass is 16.5. The van der Waals surface area contributed by atoms with Crippen molar-refractivity contribution in [1.82, 2.24) is 15.5 Å². The van der Waals surface area contributed by atoms with Crippen molar-refractivity contribution >= 4 is 17.8 Å². The number of hydrogen-bond donors (Lipinski definition) is 2. The van der Waals surface area contributed by atoms with Crippen LogP contribution in [0.25, 0.3) is 0 Å². The minimum absolute atomic E-state index is 0.164. The van der Waals surface area contributed by atoms with Gasteiger partial charge in [0.05, 0.1) is 6.61 Å². The first-order valence-corrected chi connectivity index (χ1v) is 7.80. The largest absolute Gasteiger partial charge is 0.383 e.